The molecule has 1 aromatic heterocycles. The number of piperidine rings is 1. The van der Waals surface area contributed by atoms with Gasteiger partial charge in [0.15, 0.2) is 0 Å². The van der Waals surface area contributed by atoms with Crippen LogP contribution in [0.4, 0.5) is 10.6 Å². The Labute approximate surface area is 188 Å². The summed E-state index contributed by atoms with van der Waals surface area (Å²) in [6.07, 6.45) is 2.88. The van der Waals surface area contributed by atoms with E-state index in [9.17, 15) is 9.59 Å². The van der Waals surface area contributed by atoms with Gasteiger partial charge in [0.2, 0.25) is 0 Å². The number of carbonyl (C=O) groups excluding carboxylic acids is 2. The predicted molar refractivity (Wildman–Crippen MR) is 123 cm³/mol. The zero-order valence-corrected chi connectivity index (χ0v) is 18.5. The number of pyridine rings is 1. The normalized spacial score (nSPS) is 19.5. The number of aromatic nitrogens is 1. The number of piperazine rings is 1. The van der Waals surface area contributed by atoms with E-state index in [0.29, 0.717) is 38.1 Å². The van der Waals surface area contributed by atoms with Crippen molar-refractivity contribution in [2.45, 2.75) is 31.8 Å². The maximum Gasteiger partial charge on any atom is 0.409 e. The molecule has 4 rings (SSSR count). The zero-order chi connectivity index (χ0) is 22.3. The lowest BCUT2D eigenvalue weighted by Gasteiger charge is -2.36. The van der Waals surface area contributed by atoms with Crippen LogP contribution in [-0.4, -0.2) is 67.3 Å². The van der Waals surface area contributed by atoms with Crippen LogP contribution in [0.2, 0.25) is 0 Å². The van der Waals surface area contributed by atoms with Gasteiger partial charge in [-0.25, -0.2) is 9.78 Å². The van der Waals surface area contributed by atoms with Crippen molar-refractivity contribution in [1.82, 2.24) is 20.5 Å². The van der Waals surface area contributed by atoms with Crippen LogP contribution >= 0.6 is 0 Å². The molecular weight excluding hydrogens is 406 g/mol. The van der Waals surface area contributed by atoms with Gasteiger partial charge in [-0.3, -0.25) is 4.79 Å². The van der Waals surface area contributed by atoms with E-state index in [1.165, 1.54) is 5.56 Å². The molecule has 32 heavy (non-hydrogen) atoms. The van der Waals surface area contributed by atoms with Crippen LogP contribution in [0.15, 0.2) is 48.7 Å². The van der Waals surface area contributed by atoms with Gasteiger partial charge < -0.3 is 25.2 Å². The molecule has 2 aliphatic rings. The molecule has 170 valence electrons. The summed E-state index contributed by atoms with van der Waals surface area (Å²) in [6, 6.07) is 14.2. The summed E-state index contributed by atoms with van der Waals surface area (Å²) in [7, 11) is 0. The first-order valence-electron chi connectivity index (χ1n) is 11.4. The highest BCUT2D eigenvalue weighted by Gasteiger charge is 2.28. The number of anilines is 1. The van der Waals surface area contributed by atoms with Crippen molar-refractivity contribution in [3.05, 3.63) is 59.8 Å². The topological polar surface area (TPSA) is 86.8 Å². The second-order valence-electron chi connectivity index (χ2n) is 8.17. The molecule has 1 atom stereocenters. The van der Waals surface area contributed by atoms with Crippen molar-refractivity contribution in [3.8, 4) is 0 Å². The third-order valence-corrected chi connectivity index (χ3v) is 6.06. The summed E-state index contributed by atoms with van der Waals surface area (Å²) in [5.41, 5.74) is 1.82. The van der Waals surface area contributed by atoms with E-state index in [1.54, 1.807) is 24.1 Å². The molecule has 0 saturated carbocycles. The van der Waals surface area contributed by atoms with Gasteiger partial charge in [-0.2, -0.15) is 0 Å². The molecule has 2 saturated heterocycles. The number of ether oxygens (including phenoxy) is 1. The van der Waals surface area contributed by atoms with Crippen LogP contribution in [0.5, 0.6) is 0 Å². The van der Waals surface area contributed by atoms with E-state index in [1.807, 2.05) is 24.3 Å². The third-order valence-electron chi connectivity index (χ3n) is 6.06. The summed E-state index contributed by atoms with van der Waals surface area (Å²) in [5, 5.41) is 6.71. The van der Waals surface area contributed by atoms with Crippen molar-refractivity contribution >= 4 is 17.8 Å². The second-order valence-corrected chi connectivity index (χ2v) is 8.17. The Morgan fingerprint density at radius 3 is 2.66 bits per heavy atom. The van der Waals surface area contributed by atoms with E-state index in [4.69, 9.17) is 4.74 Å². The van der Waals surface area contributed by atoms with Gasteiger partial charge in [-0.15, -0.1) is 0 Å². The highest BCUT2D eigenvalue weighted by atomic mass is 16.6. The molecular formula is C24H31N5O3. The Bertz CT molecular complexity index is 915. The van der Waals surface area contributed by atoms with Gasteiger partial charge in [-0.05, 0) is 37.5 Å². The number of carbonyl (C=O) groups is 2. The molecule has 0 bridgehead atoms. The number of hydrogen-bond donors (Lipinski definition) is 2. The van der Waals surface area contributed by atoms with Gasteiger partial charge in [0.05, 0.1) is 12.2 Å². The summed E-state index contributed by atoms with van der Waals surface area (Å²) in [4.78, 5) is 33.5. The molecule has 0 spiro atoms. The lowest BCUT2D eigenvalue weighted by atomic mass is 10.0. The minimum atomic E-state index is -0.279. The number of hydrogen-bond acceptors (Lipinski definition) is 6. The molecule has 2 aliphatic heterocycles. The summed E-state index contributed by atoms with van der Waals surface area (Å²) in [6.45, 7) is 5.70. The maximum atomic E-state index is 13.1. The number of benzene rings is 1. The zero-order valence-electron chi connectivity index (χ0n) is 18.5. The molecule has 2 amide bonds. The molecule has 1 aromatic carbocycles. The standard InChI is InChI=1S/C24H31N5O3/c1-2-32-24(31)28-14-10-19(11-15-28)27-23(30)20-9-6-12-26-22(20)29-16-13-25-21(17-29)18-7-4-3-5-8-18/h3-9,12,19,21,25H,2,10-11,13-17H2,1H3,(H,27,30)/t21-/m1/s1. The largest absolute Gasteiger partial charge is 0.450 e. The number of amides is 2. The Morgan fingerprint density at radius 2 is 1.91 bits per heavy atom. The van der Waals surface area contributed by atoms with Gasteiger partial charge in [-0.1, -0.05) is 30.3 Å². The first-order valence-corrected chi connectivity index (χ1v) is 11.4. The number of likely N-dealkylation sites (tertiary alicyclic amines) is 1. The summed E-state index contributed by atoms with van der Waals surface area (Å²) in [5.74, 6) is 0.605. The molecule has 0 aliphatic carbocycles. The van der Waals surface area contributed by atoms with E-state index < -0.39 is 0 Å². The smallest absolute Gasteiger partial charge is 0.409 e. The fourth-order valence-electron chi connectivity index (χ4n) is 4.36. The molecule has 0 radical (unpaired) electrons. The molecule has 2 fully saturated rings. The lowest BCUT2D eigenvalue weighted by molar-refractivity contribution is 0.0860. The highest BCUT2D eigenvalue weighted by Crippen LogP contribution is 2.24. The van der Waals surface area contributed by atoms with Gasteiger partial charge in [0.25, 0.3) is 5.91 Å². The minimum Gasteiger partial charge on any atom is -0.450 e. The third kappa shape index (κ3) is 5.19. The average Bonchev–Trinajstić information content (AvgIpc) is 2.85. The van der Waals surface area contributed by atoms with Crippen molar-refractivity contribution in [2.75, 3.05) is 44.2 Å². The molecule has 2 N–H and O–H groups in total. The Hall–Kier alpha value is -3.13. The molecule has 0 unspecified atom stereocenters. The van der Waals surface area contributed by atoms with Gasteiger partial charge in [0.1, 0.15) is 5.82 Å². The van der Waals surface area contributed by atoms with Crippen molar-refractivity contribution in [2.24, 2.45) is 0 Å². The monoisotopic (exact) mass is 437 g/mol. The van der Waals surface area contributed by atoms with Crippen molar-refractivity contribution in [3.63, 3.8) is 0 Å². The van der Waals surface area contributed by atoms with Crippen LogP contribution in [0.25, 0.3) is 0 Å². The predicted octanol–water partition coefficient (Wildman–Crippen LogP) is 2.58. The molecule has 2 aromatic rings. The van der Waals surface area contributed by atoms with Crippen LogP contribution in [-0.2, 0) is 4.74 Å². The Morgan fingerprint density at radius 1 is 1.12 bits per heavy atom. The van der Waals surface area contributed by atoms with Crippen LogP contribution in [0.1, 0.15) is 41.7 Å². The van der Waals surface area contributed by atoms with E-state index in [0.717, 1.165) is 25.5 Å². The first-order chi connectivity index (χ1) is 15.7. The highest BCUT2D eigenvalue weighted by molar-refractivity contribution is 5.99. The Kier molecular flexibility index (Phi) is 7.21. The molecule has 8 heteroatoms. The fourth-order valence-corrected chi connectivity index (χ4v) is 4.36. The minimum absolute atomic E-state index is 0.0290. The lowest BCUT2D eigenvalue weighted by Crippen LogP contribution is -2.48. The first kappa shape index (κ1) is 22.1. The molecule has 3 heterocycles. The van der Waals surface area contributed by atoms with E-state index >= 15 is 0 Å². The van der Waals surface area contributed by atoms with E-state index in [-0.39, 0.29) is 24.1 Å². The number of rotatable bonds is 5. The van der Waals surface area contributed by atoms with Crippen LogP contribution < -0.4 is 15.5 Å². The maximum absolute atomic E-state index is 13.1. The van der Waals surface area contributed by atoms with Crippen LogP contribution in [0.3, 0.4) is 0 Å². The SMILES string of the molecule is CCOC(=O)N1CCC(NC(=O)c2cccnc2N2CCN[C@@H](c3ccccc3)C2)CC1. The van der Waals surface area contributed by atoms with Crippen molar-refractivity contribution in [1.29, 1.82) is 0 Å². The van der Waals surface area contributed by atoms with Gasteiger partial charge >= 0.3 is 6.09 Å². The number of nitrogens with zero attached hydrogens (tertiary/aromatic N) is 3. The van der Waals surface area contributed by atoms with E-state index in [2.05, 4.69) is 32.7 Å². The fraction of sp³-hybridized carbons (Fsp3) is 0.458. The number of nitrogens with one attached hydrogen (secondary N) is 2. The molecule has 8 nitrogen and oxygen atoms in total. The summed E-state index contributed by atoms with van der Waals surface area (Å²) < 4.78 is 5.07. The van der Waals surface area contributed by atoms with Crippen LogP contribution in [0, 0.1) is 0 Å². The average molecular weight is 438 g/mol. The second kappa shape index (κ2) is 10.5. The van der Waals surface area contributed by atoms with Crippen molar-refractivity contribution < 1.29 is 14.3 Å². The Balaban J connectivity index is 1.40. The quantitative estimate of drug-likeness (QED) is 0.748. The summed E-state index contributed by atoms with van der Waals surface area (Å²) >= 11 is 0. The van der Waals surface area contributed by atoms with Gasteiger partial charge in [0, 0.05) is 51.0 Å².